The first-order chi connectivity index (χ1) is 10.4. The highest BCUT2D eigenvalue weighted by Gasteiger charge is 2.18. The van der Waals surface area contributed by atoms with Crippen LogP contribution in [0, 0.1) is 20.8 Å². The van der Waals surface area contributed by atoms with Crippen LogP contribution in [0.15, 0.2) is 49.1 Å². The quantitative estimate of drug-likeness (QED) is 0.626. The second-order valence-electron chi connectivity index (χ2n) is 4.91. The van der Waals surface area contributed by atoms with Crippen LogP contribution in [0.1, 0.15) is 22.3 Å². The Hall–Kier alpha value is -2.55. The van der Waals surface area contributed by atoms with E-state index in [9.17, 15) is 9.90 Å². The summed E-state index contributed by atoms with van der Waals surface area (Å²) in [6.45, 7) is 9.31. The van der Waals surface area contributed by atoms with E-state index < -0.39 is 5.97 Å². The largest absolute Gasteiger partial charge is 0.496 e. The van der Waals surface area contributed by atoms with Crippen LogP contribution in [0.3, 0.4) is 0 Å². The highest BCUT2D eigenvalue weighted by atomic mass is 16.5. The van der Waals surface area contributed by atoms with Gasteiger partial charge in [0.1, 0.15) is 5.75 Å². The molecular formula is C19H22O3. The zero-order chi connectivity index (χ0) is 16.7. The fraction of sp³-hybridized carbons (Fsp3) is 0.211. The Labute approximate surface area is 131 Å². The van der Waals surface area contributed by atoms with Gasteiger partial charge in [-0.3, -0.25) is 0 Å². The van der Waals surface area contributed by atoms with E-state index in [-0.39, 0.29) is 5.57 Å². The SMILES string of the molecule is C=CC=CC=CC=C(C(=O)O)c1c(C)cc(OC)c(C)c1C. The van der Waals surface area contributed by atoms with Gasteiger partial charge in [-0.05, 0) is 55.2 Å². The summed E-state index contributed by atoms with van der Waals surface area (Å²) in [4.78, 5) is 11.6. The number of methoxy groups -OCH3 is 1. The summed E-state index contributed by atoms with van der Waals surface area (Å²) >= 11 is 0. The van der Waals surface area contributed by atoms with E-state index in [1.807, 2.05) is 26.8 Å². The zero-order valence-corrected chi connectivity index (χ0v) is 13.5. The second-order valence-corrected chi connectivity index (χ2v) is 4.91. The minimum absolute atomic E-state index is 0.268. The summed E-state index contributed by atoms with van der Waals surface area (Å²) in [5.74, 6) is -0.180. The van der Waals surface area contributed by atoms with Crippen molar-refractivity contribution in [2.45, 2.75) is 20.8 Å². The van der Waals surface area contributed by atoms with Gasteiger partial charge in [-0.15, -0.1) is 0 Å². The molecule has 0 atom stereocenters. The number of aliphatic carboxylic acids is 1. The lowest BCUT2D eigenvalue weighted by molar-refractivity contribution is -0.130. The summed E-state index contributed by atoms with van der Waals surface area (Å²) in [7, 11) is 1.61. The van der Waals surface area contributed by atoms with Crippen LogP contribution in [0.2, 0.25) is 0 Å². The molecule has 0 aromatic heterocycles. The lowest BCUT2D eigenvalue weighted by Crippen LogP contribution is -2.06. The van der Waals surface area contributed by atoms with Gasteiger partial charge in [0, 0.05) is 0 Å². The normalized spacial score (nSPS) is 12.1. The lowest BCUT2D eigenvalue weighted by atomic mass is 9.91. The molecular weight excluding hydrogens is 276 g/mol. The van der Waals surface area contributed by atoms with Crippen molar-refractivity contribution in [1.82, 2.24) is 0 Å². The summed E-state index contributed by atoms with van der Waals surface area (Å²) in [6.07, 6.45) is 10.3. The molecule has 0 spiro atoms. The third-order valence-corrected chi connectivity index (χ3v) is 3.50. The average Bonchev–Trinajstić information content (AvgIpc) is 2.48. The van der Waals surface area contributed by atoms with E-state index in [4.69, 9.17) is 4.74 Å². The second kappa shape index (κ2) is 8.03. The van der Waals surface area contributed by atoms with Crippen molar-refractivity contribution in [1.29, 1.82) is 0 Å². The number of allylic oxidation sites excluding steroid dienone is 6. The van der Waals surface area contributed by atoms with E-state index >= 15 is 0 Å². The molecule has 3 nitrogen and oxygen atoms in total. The smallest absolute Gasteiger partial charge is 0.336 e. The van der Waals surface area contributed by atoms with Crippen molar-refractivity contribution in [2.24, 2.45) is 0 Å². The predicted molar refractivity (Wildman–Crippen MR) is 91.3 cm³/mol. The fourth-order valence-corrected chi connectivity index (χ4v) is 2.29. The Morgan fingerprint density at radius 1 is 1.14 bits per heavy atom. The number of carboxylic acid groups (broad SMARTS) is 1. The first-order valence-electron chi connectivity index (χ1n) is 6.98. The molecule has 0 radical (unpaired) electrons. The Morgan fingerprint density at radius 2 is 1.77 bits per heavy atom. The molecule has 0 amide bonds. The molecule has 3 heteroatoms. The van der Waals surface area contributed by atoms with Crippen LogP contribution < -0.4 is 4.74 Å². The van der Waals surface area contributed by atoms with Crippen LogP contribution in [0.25, 0.3) is 5.57 Å². The average molecular weight is 298 g/mol. The number of aryl methyl sites for hydroxylation is 1. The van der Waals surface area contributed by atoms with Gasteiger partial charge in [0.15, 0.2) is 0 Å². The number of hydrogen-bond acceptors (Lipinski definition) is 2. The molecule has 1 N–H and O–H groups in total. The number of benzene rings is 1. The highest BCUT2D eigenvalue weighted by molar-refractivity contribution is 6.16. The Balaban J connectivity index is 3.40. The summed E-state index contributed by atoms with van der Waals surface area (Å²) < 4.78 is 5.33. The van der Waals surface area contributed by atoms with Gasteiger partial charge in [0.25, 0.3) is 0 Å². The Kier molecular flexibility index (Phi) is 6.39. The topological polar surface area (TPSA) is 46.5 Å². The Morgan fingerprint density at radius 3 is 2.32 bits per heavy atom. The third kappa shape index (κ3) is 3.98. The maximum atomic E-state index is 11.6. The van der Waals surface area contributed by atoms with Gasteiger partial charge < -0.3 is 9.84 Å². The maximum absolute atomic E-state index is 11.6. The van der Waals surface area contributed by atoms with Crippen LogP contribution in [0.5, 0.6) is 5.75 Å². The first kappa shape index (κ1) is 17.5. The molecule has 0 aliphatic rings. The minimum Gasteiger partial charge on any atom is -0.496 e. The van der Waals surface area contributed by atoms with Crippen molar-refractivity contribution >= 4 is 11.5 Å². The highest BCUT2D eigenvalue weighted by Crippen LogP contribution is 2.32. The van der Waals surface area contributed by atoms with Gasteiger partial charge in [0.2, 0.25) is 0 Å². The number of carbonyl (C=O) groups is 1. The molecule has 0 heterocycles. The van der Waals surface area contributed by atoms with Crippen LogP contribution >= 0.6 is 0 Å². The number of carboxylic acids is 1. The van der Waals surface area contributed by atoms with Gasteiger partial charge in [-0.1, -0.05) is 37.0 Å². The van der Waals surface area contributed by atoms with Crippen LogP contribution in [0.4, 0.5) is 0 Å². The summed E-state index contributed by atoms with van der Waals surface area (Å²) in [6, 6.07) is 1.87. The first-order valence-corrected chi connectivity index (χ1v) is 6.98. The van der Waals surface area contributed by atoms with Crippen LogP contribution in [-0.4, -0.2) is 18.2 Å². The molecule has 1 aromatic carbocycles. The van der Waals surface area contributed by atoms with E-state index in [2.05, 4.69) is 6.58 Å². The number of ether oxygens (including phenoxy) is 1. The van der Waals surface area contributed by atoms with Gasteiger partial charge in [0.05, 0.1) is 12.7 Å². The molecule has 0 fully saturated rings. The zero-order valence-electron chi connectivity index (χ0n) is 13.5. The van der Waals surface area contributed by atoms with E-state index in [0.717, 1.165) is 28.0 Å². The molecule has 0 bridgehead atoms. The van der Waals surface area contributed by atoms with E-state index in [0.29, 0.717) is 0 Å². The molecule has 116 valence electrons. The number of hydrogen-bond donors (Lipinski definition) is 1. The van der Waals surface area contributed by atoms with Crippen molar-refractivity contribution < 1.29 is 14.6 Å². The maximum Gasteiger partial charge on any atom is 0.336 e. The van der Waals surface area contributed by atoms with Crippen LogP contribution in [-0.2, 0) is 4.79 Å². The van der Waals surface area contributed by atoms with Gasteiger partial charge in [-0.25, -0.2) is 4.79 Å². The monoisotopic (exact) mass is 298 g/mol. The van der Waals surface area contributed by atoms with E-state index in [1.54, 1.807) is 43.6 Å². The van der Waals surface area contributed by atoms with Gasteiger partial charge >= 0.3 is 5.97 Å². The van der Waals surface area contributed by atoms with Crippen molar-refractivity contribution in [3.05, 3.63) is 71.4 Å². The van der Waals surface area contributed by atoms with Crippen molar-refractivity contribution in [3.8, 4) is 5.75 Å². The summed E-state index contributed by atoms with van der Waals surface area (Å²) in [5.41, 5.74) is 3.75. The van der Waals surface area contributed by atoms with Crippen molar-refractivity contribution in [3.63, 3.8) is 0 Å². The molecule has 22 heavy (non-hydrogen) atoms. The summed E-state index contributed by atoms with van der Waals surface area (Å²) in [5, 5.41) is 9.53. The molecule has 0 aliphatic heterocycles. The van der Waals surface area contributed by atoms with Crippen molar-refractivity contribution in [2.75, 3.05) is 7.11 Å². The van der Waals surface area contributed by atoms with E-state index in [1.165, 1.54) is 0 Å². The standard InChI is InChI=1S/C19H22O3/c1-6-7-8-9-10-11-16(19(20)21)18-13(2)12-17(22-5)14(3)15(18)4/h6-12H,1H2,2-5H3,(H,20,21). The molecule has 0 saturated carbocycles. The molecule has 0 unspecified atom stereocenters. The molecule has 1 aromatic rings. The minimum atomic E-state index is -0.951. The Bertz CT molecular complexity index is 662. The predicted octanol–water partition coefficient (Wildman–Crippen LogP) is 4.39. The third-order valence-electron chi connectivity index (χ3n) is 3.50. The van der Waals surface area contributed by atoms with Gasteiger partial charge in [-0.2, -0.15) is 0 Å². The molecule has 0 aliphatic carbocycles. The molecule has 1 rings (SSSR count). The molecule has 0 saturated heterocycles. The fourth-order valence-electron chi connectivity index (χ4n) is 2.29. The number of rotatable bonds is 6. The lowest BCUT2D eigenvalue weighted by Gasteiger charge is -2.16.